The highest BCUT2D eigenvalue weighted by atomic mass is 35.5. The summed E-state index contributed by atoms with van der Waals surface area (Å²) in [7, 11) is 1.98. The first-order valence-corrected chi connectivity index (χ1v) is 8.03. The van der Waals surface area contributed by atoms with Gasteiger partial charge in [0.1, 0.15) is 0 Å². The number of nitrogens with one attached hydrogen (secondary N) is 1. The van der Waals surface area contributed by atoms with Crippen LogP contribution in [-0.2, 0) is 11.8 Å². The molecule has 2 nitrogen and oxygen atoms in total. The summed E-state index contributed by atoms with van der Waals surface area (Å²) in [6, 6.07) is 8.25. The Morgan fingerprint density at radius 3 is 2.65 bits per heavy atom. The molecule has 2 aromatic rings. The molecule has 108 valence electrons. The van der Waals surface area contributed by atoms with Gasteiger partial charge >= 0.3 is 0 Å². The summed E-state index contributed by atoms with van der Waals surface area (Å²) in [5.74, 6) is 0. The lowest BCUT2D eigenvalue weighted by Crippen LogP contribution is -2.19. The minimum atomic E-state index is 0.111. The quantitative estimate of drug-likeness (QED) is 0.893. The van der Waals surface area contributed by atoms with E-state index in [0.717, 1.165) is 16.5 Å². The number of hydrogen-bond donors (Lipinski definition) is 1. The molecule has 4 heteroatoms. The van der Waals surface area contributed by atoms with Crippen molar-refractivity contribution in [2.24, 2.45) is 0 Å². The minimum absolute atomic E-state index is 0.111. The molecule has 1 aromatic heterocycles. The van der Waals surface area contributed by atoms with Gasteiger partial charge in [0.2, 0.25) is 0 Å². The van der Waals surface area contributed by atoms with E-state index < -0.39 is 0 Å². The van der Waals surface area contributed by atoms with Crippen LogP contribution in [0, 0.1) is 0 Å². The second kappa shape index (κ2) is 6.25. The molecule has 2 rings (SSSR count). The summed E-state index contributed by atoms with van der Waals surface area (Å²) in [5.41, 5.74) is 2.48. The Kier molecular flexibility index (Phi) is 4.84. The number of thiazole rings is 1. The molecule has 0 aliphatic heterocycles. The maximum absolute atomic E-state index is 6.07. The average molecular weight is 309 g/mol. The molecule has 0 aliphatic carbocycles. The van der Waals surface area contributed by atoms with Crippen molar-refractivity contribution in [3.05, 3.63) is 50.9 Å². The maximum Gasteiger partial charge on any atom is 0.0947 e. The van der Waals surface area contributed by atoms with Crippen molar-refractivity contribution < 1.29 is 0 Å². The van der Waals surface area contributed by atoms with Crippen LogP contribution in [0.5, 0.6) is 0 Å². The predicted octanol–water partition coefficient (Wildman–Crippen LogP) is 4.60. The third-order valence-electron chi connectivity index (χ3n) is 3.30. The highest BCUT2D eigenvalue weighted by molar-refractivity contribution is 7.09. The predicted molar refractivity (Wildman–Crippen MR) is 87.8 cm³/mol. The molecule has 1 N–H and O–H groups in total. The van der Waals surface area contributed by atoms with E-state index in [0.29, 0.717) is 0 Å². The first-order valence-electron chi connectivity index (χ1n) is 6.78. The standard InChI is InChI=1S/C16H21ClN2S/c1-16(2,3)14-10-20-15(19-14)9-13(18-4)11-6-5-7-12(17)8-11/h5-8,10,13,18H,9H2,1-4H3. The van der Waals surface area contributed by atoms with Gasteiger partial charge in [0.15, 0.2) is 0 Å². The zero-order valence-electron chi connectivity index (χ0n) is 12.4. The van der Waals surface area contributed by atoms with Gasteiger partial charge in [-0.1, -0.05) is 44.5 Å². The van der Waals surface area contributed by atoms with Crippen molar-refractivity contribution in [2.75, 3.05) is 7.05 Å². The molecule has 0 aliphatic rings. The number of rotatable bonds is 4. The number of hydrogen-bond acceptors (Lipinski definition) is 3. The summed E-state index contributed by atoms with van der Waals surface area (Å²) >= 11 is 7.81. The second-order valence-corrected chi connectivity index (χ2v) is 7.36. The fourth-order valence-electron chi connectivity index (χ4n) is 2.03. The third kappa shape index (κ3) is 3.81. The van der Waals surface area contributed by atoms with E-state index in [1.807, 2.05) is 25.2 Å². The van der Waals surface area contributed by atoms with Crippen LogP contribution in [0.1, 0.15) is 43.1 Å². The number of nitrogens with zero attached hydrogens (tertiary/aromatic N) is 1. The Morgan fingerprint density at radius 2 is 2.10 bits per heavy atom. The summed E-state index contributed by atoms with van der Waals surface area (Å²) in [6.07, 6.45) is 0.886. The topological polar surface area (TPSA) is 24.9 Å². The monoisotopic (exact) mass is 308 g/mol. The van der Waals surface area contributed by atoms with Crippen molar-refractivity contribution in [1.29, 1.82) is 0 Å². The van der Waals surface area contributed by atoms with E-state index in [1.165, 1.54) is 11.3 Å². The van der Waals surface area contributed by atoms with Gasteiger partial charge in [-0.25, -0.2) is 4.98 Å². The van der Waals surface area contributed by atoms with Crippen LogP contribution in [0.15, 0.2) is 29.6 Å². The number of benzene rings is 1. The summed E-state index contributed by atoms with van der Waals surface area (Å²) in [5, 5.41) is 7.45. The van der Waals surface area contributed by atoms with Crippen molar-refractivity contribution in [1.82, 2.24) is 10.3 Å². The highest BCUT2D eigenvalue weighted by Crippen LogP contribution is 2.27. The van der Waals surface area contributed by atoms with Crippen molar-refractivity contribution in [3.8, 4) is 0 Å². The molecule has 1 atom stereocenters. The van der Waals surface area contributed by atoms with Gasteiger partial charge in [0.25, 0.3) is 0 Å². The molecule has 0 saturated heterocycles. The maximum atomic E-state index is 6.07. The fraction of sp³-hybridized carbons (Fsp3) is 0.438. The number of likely N-dealkylation sites (N-methyl/N-ethyl adjacent to an activating group) is 1. The molecular weight excluding hydrogens is 288 g/mol. The van der Waals surface area contributed by atoms with E-state index in [4.69, 9.17) is 16.6 Å². The molecule has 0 saturated carbocycles. The summed E-state index contributed by atoms with van der Waals surface area (Å²) < 4.78 is 0. The van der Waals surface area contributed by atoms with Gasteiger partial charge in [-0.2, -0.15) is 0 Å². The van der Waals surface area contributed by atoms with Crippen LogP contribution in [0.2, 0.25) is 5.02 Å². The van der Waals surface area contributed by atoms with E-state index in [9.17, 15) is 0 Å². The third-order valence-corrected chi connectivity index (χ3v) is 4.40. The van der Waals surface area contributed by atoms with E-state index in [-0.39, 0.29) is 11.5 Å². The zero-order valence-corrected chi connectivity index (χ0v) is 14.0. The van der Waals surface area contributed by atoms with E-state index in [2.05, 4.69) is 37.5 Å². The summed E-state index contributed by atoms with van der Waals surface area (Å²) in [6.45, 7) is 6.58. The van der Waals surface area contributed by atoms with Crippen LogP contribution in [0.3, 0.4) is 0 Å². The van der Waals surface area contributed by atoms with Crippen LogP contribution in [0.4, 0.5) is 0 Å². The van der Waals surface area contributed by atoms with Gasteiger partial charge in [-0.15, -0.1) is 11.3 Å². The number of halogens is 1. The van der Waals surface area contributed by atoms with Crippen molar-refractivity contribution >= 4 is 22.9 Å². The zero-order chi connectivity index (χ0) is 14.8. The van der Waals surface area contributed by atoms with Gasteiger partial charge in [-0.05, 0) is 24.7 Å². The molecule has 0 spiro atoms. The van der Waals surface area contributed by atoms with Crippen molar-refractivity contribution in [2.45, 2.75) is 38.6 Å². The SMILES string of the molecule is CNC(Cc1nc(C(C)(C)C)cs1)c1cccc(Cl)c1. The van der Waals surface area contributed by atoms with Crippen LogP contribution < -0.4 is 5.32 Å². The molecule has 1 heterocycles. The smallest absolute Gasteiger partial charge is 0.0947 e. The molecule has 20 heavy (non-hydrogen) atoms. The lowest BCUT2D eigenvalue weighted by molar-refractivity contribution is 0.560. The van der Waals surface area contributed by atoms with Gasteiger partial charge in [0, 0.05) is 28.3 Å². The van der Waals surface area contributed by atoms with E-state index >= 15 is 0 Å². The Balaban J connectivity index is 2.16. The number of aromatic nitrogens is 1. The largest absolute Gasteiger partial charge is 0.313 e. The first-order chi connectivity index (χ1) is 9.40. The fourth-order valence-corrected chi connectivity index (χ4v) is 3.30. The molecule has 0 amide bonds. The van der Waals surface area contributed by atoms with Gasteiger partial charge in [-0.3, -0.25) is 0 Å². The minimum Gasteiger partial charge on any atom is -0.313 e. The second-order valence-electron chi connectivity index (χ2n) is 5.98. The van der Waals surface area contributed by atoms with E-state index in [1.54, 1.807) is 11.3 Å². The average Bonchev–Trinajstić information content (AvgIpc) is 2.84. The Bertz CT molecular complexity index is 572. The van der Waals surface area contributed by atoms with Crippen LogP contribution >= 0.6 is 22.9 Å². The van der Waals surface area contributed by atoms with Crippen molar-refractivity contribution in [3.63, 3.8) is 0 Å². The molecule has 1 unspecified atom stereocenters. The van der Waals surface area contributed by atoms with Crippen LogP contribution in [-0.4, -0.2) is 12.0 Å². The van der Waals surface area contributed by atoms with Gasteiger partial charge in [0.05, 0.1) is 10.7 Å². The highest BCUT2D eigenvalue weighted by Gasteiger charge is 2.19. The Labute approximate surface area is 130 Å². The molecule has 0 radical (unpaired) electrons. The molecular formula is C16H21ClN2S. The normalized spacial score (nSPS) is 13.4. The summed E-state index contributed by atoms with van der Waals surface area (Å²) in [4.78, 5) is 4.76. The lowest BCUT2D eigenvalue weighted by Gasteiger charge is -2.16. The Hall–Kier alpha value is -0.900. The first kappa shape index (κ1) is 15.5. The molecule has 0 bridgehead atoms. The van der Waals surface area contributed by atoms with Crippen LogP contribution in [0.25, 0.3) is 0 Å². The Morgan fingerprint density at radius 1 is 1.35 bits per heavy atom. The lowest BCUT2D eigenvalue weighted by atomic mass is 9.93. The van der Waals surface area contributed by atoms with Gasteiger partial charge < -0.3 is 5.32 Å². The molecule has 1 aromatic carbocycles. The molecule has 0 fully saturated rings.